The molecule has 0 radical (unpaired) electrons. The third-order valence-corrected chi connectivity index (χ3v) is 3.91. The van der Waals surface area contributed by atoms with E-state index in [9.17, 15) is 8.78 Å². The molecule has 0 unspecified atom stereocenters. The van der Waals surface area contributed by atoms with Gasteiger partial charge >= 0.3 is 0 Å². The van der Waals surface area contributed by atoms with E-state index in [4.69, 9.17) is 10.00 Å². The Morgan fingerprint density at radius 1 is 1.21 bits per heavy atom. The molecule has 1 aromatic heterocycles. The lowest BCUT2D eigenvalue weighted by Crippen LogP contribution is -2.38. The molecule has 2 heterocycles. The average Bonchev–Trinajstić information content (AvgIpc) is 2.59. The van der Waals surface area contributed by atoms with Gasteiger partial charge in [0.25, 0.3) is 0 Å². The predicted molar refractivity (Wildman–Crippen MR) is 83.6 cm³/mol. The third-order valence-electron chi connectivity index (χ3n) is 3.91. The zero-order valence-electron chi connectivity index (χ0n) is 13.0. The minimum absolute atomic E-state index is 0.0792. The topological polar surface area (TPSA) is 62.0 Å². The Morgan fingerprint density at radius 3 is 2.62 bits per heavy atom. The molecule has 1 aliphatic rings. The molecule has 0 aliphatic carbocycles. The van der Waals surface area contributed by atoms with Gasteiger partial charge in [-0.05, 0) is 12.1 Å². The highest BCUT2D eigenvalue weighted by Gasteiger charge is 2.22. The van der Waals surface area contributed by atoms with E-state index >= 15 is 0 Å². The van der Waals surface area contributed by atoms with Crippen molar-refractivity contribution in [3.63, 3.8) is 0 Å². The van der Waals surface area contributed by atoms with Crippen molar-refractivity contribution in [2.45, 2.75) is 25.4 Å². The van der Waals surface area contributed by atoms with Gasteiger partial charge < -0.3 is 9.64 Å². The summed E-state index contributed by atoms with van der Waals surface area (Å²) in [6.45, 7) is 1.42. The van der Waals surface area contributed by atoms with Gasteiger partial charge in [-0.2, -0.15) is 5.26 Å². The number of halogens is 2. The third kappa shape index (κ3) is 3.77. The van der Waals surface area contributed by atoms with Gasteiger partial charge in [0.1, 0.15) is 17.7 Å². The van der Waals surface area contributed by atoms with E-state index in [2.05, 4.69) is 14.9 Å². The molecule has 0 saturated carbocycles. The van der Waals surface area contributed by atoms with Crippen LogP contribution in [0.2, 0.25) is 0 Å². The summed E-state index contributed by atoms with van der Waals surface area (Å²) in [6, 6.07) is 5.36. The van der Waals surface area contributed by atoms with Gasteiger partial charge in [0.05, 0.1) is 30.6 Å². The van der Waals surface area contributed by atoms with E-state index in [-0.39, 0.29) is 18.3 Å². The molecule has 7 heteroatoms. The molecule has 0 amide bonds. The van der Waals surface area contributed by atoms with Crippen molar-refractivity contribution in [2.24, 2.45) is 0 Å². The molecule has 0 spiro atoms. The minimum Gasteiger partial charge on any atom is -0.487 e. The van der Waals surface area contributed by atoms with Crippen molar-refractivity contribution in [1.29, 1.82) is 5.26 Å². The fourth-order valence-corrected chi connectivity index (χ4v) is 2.64. The molecule has 0 bridgehead atoms. The Balaban J connectivity index is 1.56. The summed E-state index contributed by atoms with van der Waals surface area (Å²) in [6.07, 6.45) is 4.80. The number of piperidine rings is 1. The summed E-state index contributed by atoms with van der Waals surface area (Å²) in [5, 5.41) is 8.63. The quantitative estimate of drug-likeness (QED) is 0.862. The first kappa shape index (κ1) is 16.1. The van der Waals surface area contributed by atoms with Gasteiger partial charge in [-0.1, -0.05) is 0 Å². The number of nitriles is 1. The highest BCUT2D eigenvalue weighted by atomic mass is 19.1. The van der Waals surface area contributed by atoms with Gasteiger partial charge in [0, 0.05) is 32.0 Å². The lowest BCUT2D eigenvalue weighted by Gasteiger charge is -2.32. The zero-order valence-corrected chi connectivity index (χ0v) is 13.0. The lowest BCUT2D eigenvalue weighted by atomic mass is 10.1. The predicted octanol–water partition coefficient (Wildman–Crippen LogP) is 2.87. The summed E-state index contributed by atoms with van der Waals surface area (Å²) >= 11 is 0. The van der Waals surface area contributed by atoms with Crippen molar-refractivity contribution in [3.8, 4) is 11.8 Å². The van der Waals surface area contributed by atoms with E-state index in [0.717, 1.165) is 11.9 Å². The number of rotatable bonds is 4. The minimum atomic E-state index is -0.684. The maximum atomic E-state index is 13.6. The van der Waals surface area contributed by atoms with Crippen LogP contribution >= 0.6 is 0 Å². The molecule has 2 aromatic rings. The Kier molecular flexibility index (Phi) is 4.85. The van der Waals surface area contributed by atoms with Crippen molar-refractivity contribution in [2.75, 3.05) is 18.0 Å². The Bertz CT molecular complexity index is 737. The normalized spacial score (nSPS) is 15.1. The molecule has 1 aromatic carbocycles. The summed E-state index contributed by atoms with van der Waals surface area (Å²) < 4.78 is 32.2. The first-order chi connectivity index (χ1) is 11.7. The maximum Gasteiger partial charge on any atom is 0.167 e. The Hall–Kier alpha value is -2.75. The van der Waals surface area contributed by atoms with Gasteiger partial charge in [-0.25, -0.2) is 13.8 Å². The first-order valence-corrected chi connectivity index (χ1v) is 7.70. The molecular formula is C17H16F2N4O. The van der Waals surface area contributed by atoms with Gasteiger partial charge in [0.15, 0.2) is 11.6 Å². The SMILES string of the molecule is N#CCc1cnc(N2CCC(Oc3ccc(F)cc3F)CC2)cn1. The molecule has 124 valence electrons. The summed E-state index contributed by atoms with van der Waals surface area (Å²) in [7, 11) is 0. The van der Waals surface area contributed by atoms with Gasteiger partial charge in [-0.3, -0.25) is 4.98 Å². The van der Waals surface area contributed by atoms with Gasteiger partial charge in [0.2, 0.25) is 0 Å². The fourth-order valence-electron chi connectivity index (χ4n) is 2.64. The number of anilines is 1. The van der Waals surface area contributed by atoms with Crippen LogP contribution in [0.15, 0.2) is 30.6 Å². The summed E-state index contributed by atoms with van der Waals surface area (Å²) in [4.78, 5) is 10.6. The fraction of sp³-hybridized carbons (Fsp3) is 0.353. The van der Waals surface area contributed by atoms with Crippen LogP contribution in [0.1, 0.15) is 18.5 Å². The van der Waals surface area contributed by atoms with E-state index < -0.39 is 11.6 Å². The maximum absolute atomic E-state index is 13.6. The smallest absolute Gasteiger partial charge is 0.167 e. The molecule has 24 heavy (non-hydrogen) atoms. The molecule has 5 nitrogen and oxygen atoms in total. The Morgan fingerprint density at radius 2 is 2.00 bits per heavy atom. The average molecular weight is 330 g/mol. The van der Waals surface area contributed by atoms with Crippen molar-refractivity contribution < 1.29 is 13.5 Å². The number of nitrogens with zero attached hydrogens (tertiary/aromatic N) is 4. The molecular weight excluding hydrogens is 314 g/mol. The zero-order chi connectivity index (χ0) is 16.9. The molecule has 1 saturated heterocycles. The van der Waals surface area contributed by atoms with Crippen LogP contribution in [0.25, 0.3) is 0 Å². The van der Waals surface area contributed by atoms with Crippen LogP contribution in [-0.2, 0) is 6.42 Å². The number of benzene rings is 1. The second-order valence-corrected chi connectivity index (χ2v) is 5.58. The second kappa shape index (κ2) is 7.21. The highest BCUT2D eigenvalue weighted by Crippen LogP contribution is 2.24. The van der Waals surface area contributed by atoms with E-state index in [1.165, 1.54) is 12.1 Å². The van der Waals surface area contributed by atoms with Crippen molar-refractivity contribution >= 4 is 5.82 Å². The van der Waals surface area contributed by atoms with Crippen LogP contribution in [0.4, 0.5) is 14.6 Å². The number of ether oxygens (including phenoxy) is 1. The standard InChI is InChI=1S/C17H16F2N4O/c18-12-1-2-16(15(19)9-12)24-14-4-7-23(8-5-14)17-11-21-13(3-6-20)10-22-17/h1-2,9-11,14H,3-5,7-8H2. The van der Waals surface area contributed by atoms with Crippen molar-refractivity contribution in [3.05, 3.63) is 47.9 Å². The molecule has 0 atom stereocenters. The lowest BCUT2D eigenvalue weighted by molar-refractivity contribution is 0.163. The number of aromatic nitrogens is 2. The van der Waals surface area contributed by atoms with E-state index in [0.29, 0.717) is 31.6 Å². The molecule has 0 N–H and O–H groups in total. The molecule has 1 fully saturated rings. The largest absolute Gasteiger partial charge is 0.487 e. The highest BCUT2D eigenvalue weighted by molar-refractivity contribution is 5.36. The summed E-state index contributed by atoms with van der Waals surface area (Å²) in [5.74, 6) is -0.469. The van der Waals surface area contributed by atoms with E-state index in [1.807, 2.05) is 6.07 Å². The first-order valence-electron chi connectivity index (χ1n) is 7.70. The second-order valence-electron chi connectivity index (χ2n) is 5.58. The monoisotopic (exact) mass is 330 g/mol. The van der Waals surface area contributed by atoms with Crippen LogP contribution in [0.5, 0.6) is 5.75 Å². The molecule has 3 rings (SSSR count). The number of hydrogen-bond acceptors (Lipinski definition) is 5. The van der Waals surface area contributed by atoms with Gasteiger partial charge in [-0.15, -0.1) is 0 Å². The van der Waals surface area contributed by atoms with E-state index in [1.54, 1.807) is 12.4 Å². The Labute approximate surface area is 138 Å². The van der Waals surface area contributed by atoms with Crippen molar-refractivity contribution in [1.82, 2.24) is 9.97 Å². The van der Waals surface area contributed by atoms with Crippen LogP contribution < -0.4 is 9.64 Å². The van der Waals surface area contributed by atoms with Crippen LogP contribution in [0, 0.1) is 23.0 Å². The molecule has 1 aliphatic heterocycles. The van der Waals surface area contributed by atoms with Crippen LogP contribution in [0.3, 0.4) is 0 Å². The number of hydrogen-bond donors (Lipinski definition) is 0. The van der Waals surface area contributed by atoms with Crippen LogP contribution in [-0.4, -0.2) is 29.2 Å². The summed E-state index contributed by atoms with van der Waals surface area (Å²) in [5.41, 5.74) is 0.645.